The Labute approximate surface area is 159 Å². The average Bonchev–Trinajstić information content (AvgIpc) is 2.47. The van der Waals surface area contributed by atoms with Crippen LogP contribution in [-0.4, -0.2) is 47.3 Å². The maximum Gasteiger partial charge on any atom is 0.331 e. The molecular formula is C16H24O8Zn. The largest absolute Gasteiger partial charge is 0.478 e. The second-order valence-corrected chi connectivity index (χ2v) is 5.39. The van der Waals surface area contributed by atoms with Crippen molar-refractivity contribution in [2.24, 2.45) is 11.8 Å². The van der Waals surface area contributed by atoms with Gasteiger partial charge in [-0.2, -0.15) is 0 Å². The fourth-order valence-corrected chi connectivity index (χ4v) is 0.872. The van der Waals surface area contributed by atoms with Crippen molar-refractivity contribution in [3.05, 3.63) is 24.3 Å². The Morgan fingerprint density at radius 3 is 1.20 bits per heavy atom. The van der Waals surface area contributed by atoms with Crippen molar-refractivity contribution in [2.75, 3.05) is 13.2 Å². The van der Waals surface area contributed by atoms with Gasteiger partial charge in [0.15, 0.2) is 0 Å². The minimum atomic E-state index is -1.16. The molecule has 0 saturated carbocycles. The summed E-state index contributed by atoms with van der Waals surface area (Å²) in [6.07, 6.45) is 3.29. The molecule has 0 heterocycles. The molecule has 0 radical (unpaired) electrons. The number of carbonyl (C=O) groups is 4. The molecule has 0 unspecified atom stereocenters. The van der Waals surface area contributed by atoms with E-state index in [-0.39, 0.29) is 31.3 Å². The number of aliphatic carboxylic acids is 2. The van der Waals surface area contributed by atoms with Gasteiger partial charge in [0.05, 0.1) is 13.2 Å². The Kier molecular flexibility index (Phi) is 18.7. The van der Waals surface area contributed by atoms with Gasteiger partial charge in [0, 0.05) is 43.8 Å². The predicted molar refractivity (Wildman–Crippen MR) is 85.1 cm³/mol. The van der Waals surface area contributed by atoms with Crippen molar-refractivity contribution < 1.29 is 58.3 Å². The minimum absolute atomic E-state index is 0. The van der Waals surface area contributed by atoms with Gasteiger partial charge in [0.25, 0.3) is 0 Å². The van der Waals surface area contributed by atoms with Crippen molar-refractivity contribution in [1.82, 2.24) is 0 Å². The molecule has 0 fully saturated rings. The Hall–Kier alpha value is -2.02. The third-order valence-electron chi connectivity index (χ3n) is 1.84. The zero-order valence-electron chi connectivity index (χ0n) is 14.9. The molecule has 0 spiro atoms. The van der Waals surface area contributed by atoms with Gasteiger partial charge in [-0.15, -0.1) is 0 Å². The fraction of sp³-hybridized carbons (Fsp3) is 0.500. The monoisotopic (exact) mass is 408 g/mol. The van der Waals surface area contributed by atoms with Crippen LogP contribution in [-0.2, 0) is 48.1 Å². The predicted octanol–water partition coefficient (Wildman–Crippen LogP) is 1.65. The molecule has 0 aromatic carbocycles. The minimum Gasteiger partial charge on any atom is -0.478 e. The zero-order valence-corrected chi connectivity index (χ0v) is 17.9. The van der Waals surface area contributed by atoms with E-state index in [4.69, 9.17) is 10.2 Å². The molecule has 138 valence electrons. The van der Waals surface area contributed by atoms with Crippen molar-refractivity contribution >= 4 is 23.9 Å². The van der Waals surface area contributed by atoms with Gasteiger partial charge in [-0.05, 0) is 11.8 Å². The molecule has 0 aliphatic rings. The standard InChI is InChI=1S/2C8H12O4.Zn/c2*1-6(2)5-12-8(11)4-3-7(9)10;/h2*3-4,6H,5H2,1-2H3,(H,9,10);/b2*4-3-;. The summed E-state index contributed by atoms with van der Waals surface area (Å²) in [6, 6.07) is 0. The Morgan fingerprint density at radius 2 is 1.00 bits per heavy atom. The van der Waals surface area contributed by atoms with Gasteiger partial charge in [0.2, 0.25) is 0 Å². The molecule has 2 N–H and O–H groups in total. The molecule has 0 aromatic rings. The van der Waals surface area contributed by atoms with Crippen molar-refractivity contribution in [3.63, 3.8) is 0 Å². The number of carboxylic acid groups (broad SMARTS) is 2. The Morgan fingerprint density at radius 1 is 0.720 bits per heavy atom. The van der Waals surface area contributed by atoms with E-state index in [0.717, 1.165) is 24.3 Å². The van der Waals surface area contributed by atoms with E-state index in [0.29, 0.717) is 13.2 Å². The van der Waals surface area contributed by atoms with Crippen LogP contribution in [0.25, 0.3) is 0 Å². The van der Waals surface area contributed by atoms with Crippen LogP contribution in [0, 0.1) is 11.8 Å². The second kappa shape index (κ2) is 16.8. The van der Waals surface area contributed by atoms with E-state index in [9.17, 15) is 19.2 Å². The zero-order chi connectivity index (χ0) is 19.1. The summed E-state index contributed by atoms with van der Waals surface area (Å²) in [6.45, 7) is 8.20. The Balaban J connectivity index is -0.000000372. The van der Waals surface area contributed by atoms with Gasteiger partial charge in [-0.1, -0.05) is 27.7 Å². The number of ether oxygens (including phenoxy) is 2. The fourth-order valence-electron chi connectivity index (χ4n) is 0.872. The molecule has 0 aromatic heterocycles. The van der Waals surface area contributed by atoms with Crippen molar-refractivity contribution in [1.29, 1.82) is 0 Å². The van der Waals surface area contributed by atoms with Gasteiger partial charge in [0.1, 0.15) is 0 Å². The quantitative estimate of drug-likeness (QED) is 0.352. The first-order valence-electron chi connectivity index (χ1n) is 7.20. The summed E-state index contributed by atoms with van der Waals surface area (Å²) in [5.74, 6) is -3.04. The number of hydrogen-bond acceptors (Lipinski definition) is 6. The second-order valence-electron chi connectivity index (χ2n) is 5.39. The van der Waals surface area contributed by atoms with Crippen LogP contribution >= 0.6 is 0 Å². The smallest absolute Gasteiger partial charge is 0.331 e. The topological polar surface area (TPSA) is 127 Å². The number of carbonyl (C=O) groups excluding carboxylic acids is 2. The SMILES string of the molecule is CC(C)COC(=O)/C=C\C(=O)O.CC(C)COC(=O)/C=C\C(=O)O.[Zn]. The van der Waals surface area contributed by atoms with Gasteiger partial charge < -0.3 is 19.7 Å². The van der Waals surface area contributed by atoms with Crippen LogP contribution in [0.4, 0.5) is 0 Å². The first kappa shape index (κ1) is 27.8. The van der Waals surface area contributed by atoms with Crippen LogP contribution in [0.2, 0.25) is 0 Å². The van der Waals surface area contributed by atoms with Crippen LogP contribution < -0.4 is 0 Å². The van der Waals surface area contributed by atoms with Crippen molar-refractivity contribution in [2.45, 2.75) is 27.7 Å². The summed E-state index contributed by atoms with van der Waals surface area (Å²) in [4.78, 5) is 41.3. The molecule has 0 aliphatic heterocycles. The van der Waals surface area contributed by atoms with Crippen molar-refractivity contribution in [3.8, 4) is 0 Å². The van der Waals surface area contributed by atoms with E-state index in [1.807, 2.05) is 27.7 Å². The molecule has 8 nitrogen and oxygen atoms in total. The third kappa shape index (κ3) is 27.1. The third-order valence-corrected chi connectivity index (χ3v) is 1.84. The molecule has 0 atom stereocenters. The summed E-state index contributed by atoms with van der Waals surface area (Å²) in [7, 11) is 0. The van der Waals surface area contributed by atoms with E-state index < -0.39 is 23.9 Å². The first-order valence-corrected chi connectivity index (χ1v) is 7.20. The van der Waals surface area contributed by atoms with Gasteiger partial charge in [-0.25, -0.2) is 19.2 Å². The maximum atomic E-state index is 10.7. The molecule has 0 bridgehead atoms. The summed E-state index contributed by atoms with van der Waals surface area (Å²) in [5, 5.41) is 16.3. The van der Waals surface area contributed by atoms with Gasteiger partial charge in [-0.3, -0.25) is 0 Å². The average molecular weight is 410 g/mol. The van der Waals surface area contributed by atoms with Crippen LogP contribution in [0.5, 0.6) is 0 Å². The van der Waals surface area contributed by atoms with E-state index in [1.165, 1.54) is 0 Å². The maximum absolute atomic E-state index is 10.7. The molecule has 9 heteroatoms. The first-order chi connectivity index (χ1) is 11.0. The van der Waals surface area contributed by atoms with Crippen LogP contribution in [0.3, 0.4) is 0 Å². The Bertz CT molecular complexity index is 437. The summed E-state index contributed by atoms with van der Waals surface area (Å²) in [5.41, 5.74) is 0. The molecule has 0 amide bonds. The van der Waals surface area contributed by atoms with Gasteiger partial charge >= 0.3 is 23.9 Å². The molecule has 0 aliphatic carbocycles. The van der Waals surface area contributed by atoms with E-state index >= 15 is 0 Å². The molecular weight excluding hydrogens is 386 g/mol. The summed E-state index contributed by atoms with van der Waals surface area (Å²) >= 11 is 0. The molecule has 25 heavy (non-hydrogen) atoms. The molecule has 0 rings (SSSR count). The number of carboxylic acids is 2. The number of hydrogen-bond donors (Lipinski definition) is 2. The normalized spacial score (nSPS) is 10.2. The van der Waals surface area contributed by atoms with Crippen LogP contribution in [0.1, 0.15) is 27.7 Å². The number of rotatable bonds is 8. The van der Waals surface area contributed by atoms with E-state index in [1.54, 1.807) is 0 Å². The molecule has 0 saturated heterocycles. The van der Waals surface area contributed by atoms with E-state index in [2.05, 4.69) is 9.47 Å². The van der Waals surface area contributed by atoms with Crippen LogP contribution in [0.15, 0.2) is 24.3 Å². The summed E-state index contributed by atoms with van der Waals surface area (Å²) < 4.78 is 9.33. The number of esters is 2.